The van der Waals surface area contributed by atoms with Crippen molar-refractivity contribution in [2.24, 2.45) is 5.73 Å². The molecule has 0 aliphatic heterocycles. The molecule has 0 aliphatic rings. The molecule has 0 bridgehead atoms. The zero-order chi connectivity index (χ0) is 10.6. The molecule has 0 saturated carbocycles. The fourth-order valence-electron chi connectivity index (χ4n) is 1.03. The van der Waals surface area contributed by atoms with E-state index in [1.165, 1.54) is 19.2 Å². The van der Waals surface area contributed by atoms with Crippen LogP contribution in [0.3, 0.4) is 0 Å². The summed E-state index contributed by atoms with van der Waals surface area (Å²) in [6.45, 7) is 0.400. The predicted octanol–water partition coefficient (Wildman–Crippen LogP) is 0.500. The molecule has 6 nitrogen and oxygen atoms in total. The minimum atomic E-state index is -0.482. The Kier molecular flexibility index (Phi) is 3.35. The van der Waals surface area contributed by atoms with Gasteiger partial charge in [0.15, 0.2) is 0 Å². The van der Waals surface area contributed by atoms with Crippen molar-refractivity contribution >= 4 is 5.69 Å². The summed E-state index contributed by atoms with van der Waals surface area (Å²) in [6, 6.07) is 2.68. The van der Waals surface area contributed by atoms with Gasteiger partial charge in [0.05, 0.1) is 23.8 Å². The second-order valence-electron chi connectivity index (χ2n) is 2.65. The van der Waals surface area contributed by atoms with Crippen LogP contribution in [0.25, 0.3) is 0 Å². The fraction of sp³-hybridized carbons (Fsp3) is 0.375. The molecule has 6 heteroatoms. The molecule has 0 aliphatic carbocycles. The third-order valence-electron chi connectivity index (χ3n) is 1.66. The Labute approximate surface area is 80.9 Å². The number of methoxy groups -OCH3 is 1. The first kappa shape index (κ1) is 10.4. The highest BCUT2D eigenvalue weighted by Crippen LogP contribution is 2.18. The number of ether oxygens (including phenoxy) is 1. The van der Waals surface area contributed by atoms with Crippen molar-refractivity contribution in [1.82, 2.24) is 4.98 Å². The Balaban J connectivity index is 3.06. The average Bonchev–Trinajstić information content (AvgIpc) is 2.17. The van der Waals surface area contributed by atoms with E-state index in [2.05, 4.69) is 4.98 Å². The Morgan fingerprint density at radius 2 is 2.36 bits per heavy atom. The Morgan fingerprint density at radius 3 is 2.86 bits per heavy atom. The normalized spacial score (nSPS) is 9.86. The number of rotatable bonds is 4. The summed E-state index contributed by atoms with van der Waals surface area (Å²) in [7, 11) is 1.41. The first-order valence-electron chi connectivity index (χ1n) is 4.06. The molecule has 1 rings (SSSR count). The quantitative estimate of drug-likeness (QED) is 0.560. The summed E-state index contributed by atoms with van der Waals surface area (Å²) in [4.78, 5) is 14.1. The van der Waals surface area contributed by atoms with Crippen LogP contribution in [0.2, 0.25) is 0 Å². The van der Waals surface area contributed by atoms with Gasteiger partial charge in [-0.05, 0) is 6.54 Å². The molecule has 1 heterocycles. The van der Waals surface area contributed by atoms with Crippen molar-refractivity contribution in [2.75, 3.05) is 13.7 Å². The lowest BCUT2D eigenvalue weighted by molar-refractivity contribution is -0.385. The molecule has 1 aromatic heterocycles. The molecule has 0 spiro atoms. The van der Waals surface area contributed by atoms with E-state index in [-0.39, 0.29) is 11.6 Å². The van der Waals surface area contributed by atoms with Gasteiger partial charge in [0.1, 0.15) is 0 Å². The lowest BCUT2D eigenvalue weighted by atomic mass is 10.2. The molecule has 0 unspecified atom stereocenters. The second-order valence-corrected chi connectivity index (χ2v) is 2.65. The van der Waals surface area contributed by atoms with Crippen LogP contribution in [0.15, 0.2) is 12.1 Å². The van der Waals surface area contributed by atoms with E-state index >= 15 is 0 Å². The lowest BCUT2D eigenvalue weighted by Gasteiger charge is -2.02. The molecule has 0 fully saturated rings. The van der Waals surface area contributed by atoms with Crippen molar-refractivity contribution in [1.29, 1.82) is 0 Å². The summed E-state index contributed by atoms with van der Waals surface area (Å²) in [5.41, 5.74) is 5.87. The highest BCUT2D eigenvalue weighted by molar-refractivity contribution is 5.36. The molecule has 0 amide bonds. The topological polar surface area (TPSA) is 91.3 Å². The number of pyridine rings is 1. The zero-order valence-electron chi connectivity index (χ0n) is 7.77. The first-order chi connectivity index (χ1) is 6.67. The number of nitrogens with two attached hydrogens (primary N) is 1. The molecule has 0 radical (unpaired) electrons. The van der Waals surface area contributed by atoms with Crippen LogP contribution in [-0.2, 0) is 6.42 Å². The van der Waals surface area contributed by atoms with Crippen molar-refractivity contribution in [3.8, 4) is 5.88 Å². The van der Waals surface area contributed by atoms with Gasteiger partial charge < -0.3 is 10.5 Å². The van der Waals surface area contributed by atoms with Crippen LogP contribution in [-0.4, -0.2) is 23.6 Å². The van der Waals surface area contributed by atoms with E-state index in [1.54, 1.807) is 0 Å². The minimum Gasteiger partial charge on any atom is -0.481 e. The van der Waals surface area contributed by atoms with Crippen LogP contribution >= 0.6 is 0 Å². The second kappa shape index (κ2) is 4.52. The number of hydrogen-bond donors (Lipinski definition) is 1. The molecule has 0 aromatic carbocycles. The highest BCUT2D eigenvalue weighted by Gasteiger charge is 2.10. The SMILES string of the molecule is COc1cc([N+](=O)[O-])cc(CCN)n1. The molecular formula is C8H11N3O3. The summed E-state index contributed by atoms with van der Waals surface area (Å²) >= 11 is 0. The van der Waals surface area contributed by atoms with E-state index in [0.29, 0.717) is 18.7 Å². The molecule has 0 atom stereocenters. The third kappa shape index (κ3) is 2.40. The maximum Gasteiger partial charge on any atom is 0.276 e. The predicted molar refractivity (Wildman–Crippen MR) is 50.2 cm³/mol. The van der Waals surface area contributed by atoms with Crippen LogP contribution in [0, 0.1) is 10.1 Å². The van der Waals surface area contributed by atoms with E-state index in [9.17, 15) is 10.1 Å². The molecule has 1 aromatic rings. The smallest absolute Gasteiger partial charge is 0.276 e. The van der Waals surface area contributed by atoms with Gasteiger partial charge in [0, 0.05) is 12.5 Å². The maximum absolute atomic E-state index is 10.5. The van der Waals surface area contributed by atoms with Crippen LogP contribution in [0.5, 0.6) is 5.88 Å². The molecule has 76 valence electrons. The number of nitro groups is 1. The van der Waals surface area contributed by atoms with Crippen LogP contribution in [0.1, 0.15) is 5.69 Å². The molecule has 0 saturated heterocycles. The Hall–Kier alpha value is -1.69. The summed E-state index contributed by atoms with van der Waals surface area (Å²) < 4.78 is 4.84. The molecule has 14 heavy (non-hydrogen) atoms. The van der Waals surface area contributed by atoms with Gasteiger partial charge in [0.2, 0.25) is 5.88 Å². The van der Waals surface area contributed by atoms with Gasteiger partial charge in [-0.3, -0.25) is 10.1 Å². The average molecular weight is 197 g/mol. The largest absolute Gasteiger partial charge is 0.481 e. The standard InChI is InChI=1S/C8H11N3O3/c1-14-8-5-7(11(12)13)4-6(10-8)2-3-9/h4-5H,2-3,9H2,1H3. The minimum absolute atomic E-state index is 0.0275. The van der Waals surface area contributed by atoms with E-state index < -0.39 is 4.92 Å². The van der Waals surface area contributed by atoms with Crippen LogP contribution < -0.4 is 10.5 Å². The van der Waals surface area contributed by atoms with Crippen LogP contribution in [0.4, 0.5) is 5.69 Å². The van der Waals surface area contributed by atoms with E-state index in [1.807, 2.05) is 0 Å². The third-order valence-corrected chi connectivity index (χ3v) is 1.66. The van der Waals surface area contributed by atoms with Crippen molar-refractivity contribution in [3.05, 3.63) is 27.9 Å². The zero-order valence-corrected chi connectivity index (χ0v) is 7.77. The van der Waals surface area contributed by atoms with Gasteiger partial charge in [-0.1, -0.05) is 0 Å². The van der Waals surface area contributed by atoms with Gasteiger partial charge in [-0.25, -0.2) is 4.98 Å². The number of hydrogen-bond acceptors (Lipinski definition) is 5. The fourth-order valence-corrected chi connectivity index (χ4v) is 1.03. The monoisotopic (exact) mass is 197 g/mol. The summed E-state index contributed by atoms with van der Waals surface area (Å²) in [5.74, 6) is 0.239. The number of nitrogens with zero attached hydrogens (tertiary/aromatic N) is 2. The van der Waals surface area contributed by atoms with Crippen molar-refractivity contribution < 1.29 is 9.66 Å². The maximum atomic E-state index is 10.5. The van der Waals surface area contributed by atoms with Gasteiger partial charge in [0.25, 0.3) is 5.69 Å². The number of aromatic nitrogens is 1. The lowest BCUT2D eigenvalue weighted by Crippen LogP contribution is -2.05. The van der Waals surface area contributed by atoms with Gasteiger partial charge >= 0.3 is 0 Å². The van der Waals surface area contributed by atoms with Crippen molar-refractivity contribution in [3.63, 3.8) is 0 Å². The summed E-state index contributed by atoms with van der Waals surface area (Å²) in [5, 5.41) is 10.5. The Morgan fingerprint density at radius 1 is 1.64 bits per heavy atom. The van der Waals surface area contributed by atoms with Gasteiger partial charge in [-0.2, -0.15) is 0 Å². The van der Waals surface area contributed by atoms with Gasteiger partial charge in [-0.15, -0.1) is 0 Å². The Bertz CT molecular complexity index is 341. The molecule has 2 N–H and O–H groups in total. The first-order valence-corrected chi connectivity index (χ1v) is 4.06. The highest BCUT2D eigenvalue weighted by atomic mass is 16.6. The van der Waals surface area contributed by atoms with Crippen molar-refractivity contribution in [2.45, 2.75) is 6.42 Å². The van der Waals surface area contributed by atoms with E-state index in [0.717, 1.165) is 0 Å². The summed E-state index contributed by atoms with van der Waals surface area (Å²) in [6.07, 6.45) is 0.498. The molecular weight excluding hydrogens is 186 g/mol. The van der Waals surface area contributed by atoms with E-state index in [4.69, 9.17) is 10.5 Å².